The van der Waals surface area contributed by atoms with E-state index in [0.29, 0.717) is 4.58 Å². The monoisotopic (exact) mass is 553 g/mol. The van der Waals surface area contributed by atoms with Crippen molar-refractivity contribution in [1.82, 2.24) is 5.32 Å². The van der Waals surface area contributed by atoms with Crippen molar-refractivity contribution in [3.8, 4) is 0 Å². The summed E-state index contributed by atoms with van der Waals surface area (Å²) in [6.07, 6.45) is 12.3. The van der Waals surface area contributed by atoms with Crippen molar-refractivity contribution >= 4 is 42.1 Å². The van der Waals surface area contributed by atoms with Gasteiger partial charge >= 0.3 is 0 Å². The molecule has 0 bridgehead atoms. The molecule has 1 aliphatic heterocycles. The molecule has 0 saturated carbocycles. The number of allylic oxidation sites excluding steroid dienone is 2. The molecule has 194 valence electrons. The molecular formula is C34H36NPS2. The first-order valence-corrected chi connectivity index (χ1v) is 17.6. The van der Waals surface area contributed by atoms with Gasteiger partial charge in [0.05, 0.1) is 9.86 Å². The van der Waals surface area contributed by atoms with Crippen molar-refractivity contribution in [2.45, 2.75) is 53.8 Å². The minimum absolute atomic E-state index is 0.0886. The molecule has 7 rings (SSSR count). The third-order valence-corrected chi connectivity index (χ3v) is 14.9. The van der Waals surface area contributed by atoms with E-state index in [1.165, 1.54) is 54.2 Å². The SMILES string of the molecule is C1=CC2=C(C(NCC3SCCCS3)(P(c3ccccc3)c3ccccc3)C1)[C@@]1(CC2)CCc2ccccc21. The zero-order chi connectivity index (χ0) is 25.4. The van der Waals surface area contributed by atoms with Gasteiger partial charge in [-0.3, -0.25) is 0 Å². The van der Waals surface area contributed by atoms with Crippen LogP contribution in [-0.4, -0.2) is 27.9 Å². The standard InChI is InChI=1S/C34H36NPS2/c1-3-13-28(14-4-1)36(29-15-5-2-6-16-29)34(35-25-31-37-23-10-24-38-31)20-9-12-27-19-22-33(32(27)34)21-18-26-11-7-8-17-30(26)33/h1-9,11-17,31,35H,10,18-25H2/t33-,34?/m1/s1. The predicted octanol–water partition coefficient (Wildman–Crippen LogP) is 7.54. The average molecular weight is 554 g/mol. The molecular weight excluding hydrogens is 517 g/mol. The third kappa shape index (κ3) is 4.26. The van der Waals surface area contributed by atoms with E-state index in [0.717, 1.165) is 13.0 Å². The van der Waals surface area contributed by atoms with E-state index in [1.807, 2.05) is 0 Å². The summed E-state index contributed by atoms with van der Waals surface area (Å²) in [6.45, 7) is 1.07. The van der Waals surface area contributed by atoms with Crippen molar-refractivity contribution in [2.75, 3.05) is 18.1 Å². The van der Waals surface area contributed by atoms with Crippen LogP contribution in [0.3, 0.4) is 0 Å². The van der Waals surface area contributed by atoms with Crippen LogP contribution in [0.25, 0.3) is 0 Å². The molecule has 2 atom stereocenters. The molecule has 0 amide bonds. The number of hydrogen-bond donors (Lipinski definition) is 1. The summed E-state index contributed by atoms with van der Waals surface area (Å²) < 4.78 is 0.632. The van der Waals surface area contributed by atoms with Gasteiger partial charge in [0.2, 0.25) is 0 Å². The lowest BCUT2D eigenvalue weighted by Gasteiger charge is -2.50. The van der Waals surface area contributed by atoms with Crippen LogP contribution in [0.2, 0.25) is 0 Å². The Balaban J connectivity index is 1.43. The maximum Gasteiger partial charge on any atom is 0.0727 e. The average Bonchev–Trinajstić information content (AvgIpc) is 3.56. The first-order chi connectivity index (χ1) is 18.8. The number of benzene rings is 3. The predicted molar refractivity (Wildman–Crippen MR) is 170 cm³/mol. The van der Waals surface area contributed by atoms with Crippen molar-refractivity contribution in [1.29, 1.82) is 0 Å². The molecule has 1 unspecified atom stereocenters. The lowest BCUT2D eigenvalue weighted by atomic mass is 9.71. The largest absolute Gasteiger partial charge is 0.301 e. The number of rotatable bonds is 6. The van der Waals surface area contributed by atoms with E-state index in [9.17, 15) is 0 Å². The molecule has 1 N–H and O–H groups in total. The van der Waals surface area contributed by atoms with E-state index >= 15 is 0 Å². The van der Waals surface area contributed by atoms with Crippen LogP contribution in [0.4, 0.5) is 0 Å². The van der Waals surface area contributed by atoms with Gasteiger partial charge in [-0.25, -0.2) is 0 Å². The Morgan fingerprint density at radius 3 is 2.18 bits per heavy atom. The molecule has 0 radical (unpaired) electrons. The molecule has 4 aliphatic rings. The molecule has 3 aliphatic carbocycles. The maximum absolute atomic E-state index is 4.43. The normalized spacial score (nSPS) is 26.8. The maximum atomic E-state index is 4.43. The van der Waals surface area contributed by atoms with E-state index < -0.39 is 7.92 Å². The highest BCUT2D eigenvalue weighted by Gasteiger charge is 2.57. The van der Waals surface area contributed by atoms with Crippen molar-refractivity contribution in [3.05, 3.63) is 119 Å². The van der Waals surface area contributed by atoms with Crippen LogP contribution in [0, 0.1) is 0 Å². The molecule has 3 aromatic carbocycles. The van der Waals surface area contributed by atoms with Gasteiger partial charge in [-0.1, -0.05) is 97.1 Å². The van der Waals surface area contributed by atoms with E-state index in [2.05, 4.69) is 126 Å². The molecule has 1 spiro atoms. The van der Waals surface area contributed by atoms with Crippen LogP contribution in [-0.2, 0) is 11.8 Å². The van der Waals surface area contributed by atoms with Gasteiger partial charge in [-0.15, -0.1) is 23.5 Å². The zero-order valence-corrected chi connectivity index (χ0v) is 24.5. The Bertz CT molecular complexity index is 1310. The number of hydrogen-bond acceptors (Lipinski definition) is 3. The summed E-state index contributed by atoms with van der Waals surface area (Å²) in [5, 5.41) is 7.32. The highest BCUT2D eigenvalue weighted by molar-refractivity contribution is 8.17. The first-order valence-electron chi connectivity index (χ1n) is 14.2. The van der Waals surface area contributed by atoms with Gasteiger partial charge in [-0.05, 0) is 90.8 Å². The molecule has 38 heavy (non-hydrogen) atoms. The van der Waals surface area contributed by atoms with Gasteiger partial charge < -0.3 is 5.32 Å². The molecule has 1 fully saturated rings. The van der Waals surface area contributed by atoms with Gasteiger partial charge in [0.25, 0.3) is 0 Å². The highest BCUT2D eigenvalue weighted by atomic mass is 32.2. The molecule has 1 nitrogen and oxygen atoms in total. The fourth-order valence-corrected chi connectivity index (χ4v) is 13.4. The van der Waals surface area contributed by atoms with Gasteiger partial charge in [0, 0.05) is 12.0 Å². The fraction of sp³-hybridized carbons (Fsp3) is 0.353. The smallest absolute Gasteiger partial charge is 0.0727 e. The molecule has 4 heteroatoms. The minimum Gasteiger partial charge on any atom is -0.301 e. The van der Waals surface area contributed by atoms with E-state index in [-0.39, 0.29) is 10.7 Å². The van der Waals surface area contributed by atoms with Crippen LogP contribution in [0.15, 0.2) is 108 Å². The lowest BCUT2D eigenvalue weighted by Crippen LogP contribution is -2.55. The minimum atomic E-state index is -0.682. The van der Waals surface area contributed by atoms with E-state index in [4.69, 9.17) is 0 Å². The number of aryl methyl sites for hydroxylation is 1. The van der Waals surface area contributed by atoms with Crippen LogP contribution in [0.5, 0.6) is 0 Å². The van der Waals surface area contributed by atoms with Gasteiger partial charge in [0.15, 0.2) is 0 Å². The number of fused-ring (bicyclic) bond motifs is 3. The quantitative estimate of drug-likeness (QED) is 0.317. The Morgan fingerprint density at radius 1 is 0.789 bits per heavy atom. The van der Waals surface area contributed by atoms with E-state index in [1.54, 1.807) is 22.3 Å². The van der Waals surface area contributed by atoms with Crippen molar-refractivity contribution in [3.63, 3.8) is 0 Å². The molecule has 1 heterocycles. The van der Waals surface area contributed by atoms with Crippen LogP contribution >= 0.6 is 31.4 Å². The van der Waals surface area contributed by atoms with Crippen LogP contribution < -0.4 is 15.9 Å². The second kappa shape index (κ2) is 10.7. The summed E-state index contributed by atoms with van der Waals surface area (Å²) in [4.78, 5) is 0. The summed E-state index contributed by atoms with van der Waals surface area (Å²) in [5.74, 6) is 2.59. The first kappa shape index (κ1) is 25.2. The number of nitrogens with one attached hydrogen (secondary N) is 1. The van der Waals surface area contributed by atoms with Crippen molar-refractivity contribution < 1.29 is 0 Å². The van der Waals surface area contributed by atoms with Crippen LogP contribution in [0.1, 0.15) is 43.2 Å². The summed E-state index contributed by atoms with van der Waals surface area (Å²) in [6, 6.07) is 32.3. The topological polar surface area (TPSA) is 12.0 Å². The van der Waals surface area contributed by atoms with Crippen molar-refractivity contribution in [2.24, 2.45) is 0 Å². The Morgan fingerprint density at radius 2 is 1.45 bits per heavy atom. The van der Waals surface area contributed by atoms with Gasteiger partial charge in [0.1, 0.15) is 0 Å². The molecule has 1 saturated heterocycles. The second-order valence-corrected chi connectivity index (χ2v) is 16.4. The highest BCUT2D eigenvalue weighted by Crippen LogP contribution is 2.65. The summed E-state index contributed by atoms with van der Waals surface area (Å²) >= 11 is 4.33. The third-order valence-electron chi connectivity index (χ3n) is 8.99. The second-order valence-electron chi connectivity index (χ2n) is 11.0. The summed E-state index contributed by atoms with van der Waals surface area (Å²) in [7, 11) is -0.682. The fourth-order valence-electron chi connectivity index (χ4n) is 7.51. The Labute approximate surface area is 237 Å². The zero-order valence-electron chi connectivity index (χ0n) is 21.9. The number of thioether (sulfide) groups is 2. The molecule has 0 aromatic heterocycles. The lowest BCUT2D eigenvalue weighted by molar-refractivity contribution is 0.413. The molecule has 3 aromatic rings. The van der Waals surface area contributed by atoms with Gasteiger partial charge in [-0.2, -0.15) is 0 Å². The Kier molecular flexibility index (Phi) is 7.07. The summed E-state index contributed by atoms with van der Waals surface area (Å²) in [5.41, 5.74) is 6.70. The Hall–Kier alpha value is -1.77.